The standard InChI is InChI=1S/C18H20N4O2/c1-24-18-15(11-19)16(5-7-21-18)22-17(12-8-14(23)9-12)10-13-4-2-3-6-20-13/h2-7,12,14,17,23H,8-10H2,1H3,(H,21,22)/t12?,14?,17-/m0/s1. The lowest BCUT2D eigenvalue weighted by atomic mass is 9.75. The molecule has 2 N–H and O–H groups in total. The first kappa shape index (κ1) is 16.2. The molecule has 0 aliphatic heterocycles. The van der Waals surface area contributed by atoms with Crippen molar-refractivity contribution in [3.8, 4) is 11.9 Å². The Morgan fingerprint density at radius 1 is 1.33 bits per heavy atom. The maximum atomic E-state index is 9.66. The zero-order chi connectivity index (χ0) is 16.9. The second kappa shape index (κ2) is 7.28. The van der Waals surface area contributed by atoms with E-state index in [0.29, 0.717) is 23.0 Å². The molecule has 0 bridgehead atoms. The van der Waals surface area contributed by atoms with Crippen LogP contribution in [-0.4, -0.2) is 34.3 Å². The Labute approximate surface area is 141 Å². The molecule has 0 saturated heterocycles. The van der Waals surface area contributed by atoms with E-state index >= 15 is 0 Å². The number of methoxy groups -OCH3 is 1. The molecule has 1 aliphatic rings. The zero-order valence-corrected chi connectivity index (χ0v) is 13.5. The molecule has 0 spiro atoms. The van der Waals surface area contributed by atoms with Crippen LogP contribution < -0.4 is 10.1 Å². The summed E-state index contributed by atoms with van der Waals surface area (Å²) in [6.07, 6.45) is 5.41. The summed E-state index contributed by atoms with van der Waals surface area (Å²) in [7, 11) is 1.50. The minimum Gasteiger partial charge on any atom is -0.480 e. The predicted molar refractivity (Wildman–Crippen MR) is 89.6 cm³/mol. The Balaban J connectivity index is 1.83. The number of aliphatic hydroxyl groups is 1. The molecule has 6 nitrogen and oxygen atoms in total. The van der Waals surface area contributed by atoms with Gasteiger partial charge in [0.25, 0.3) is 0 Å². The van der Waals surface area contributed by atoms with E-state index in [0.717, 1.165) is 25.0 Å². The van der Waals surface area contributed by atoms with Gasteiger partial charge >= 0.3 is 0 Å². The van der Waals surface area contributed by atoms with E-state index in [-0.39, 0.29) is 12.1 Å². The number of pyridine rings is 2. The molecule has 2 heterocycles. The van der Waals surface area contributed by atoms with Crippen LogP contribution in [0.15, 0.2) is 36.7 Å². The molecule has 1 atom stereocenters. The lowest BCUT2D eigenvalue weighted by molar-refractivity contribution is 0.0341. The molecule has 0 unspecified atom stereocenters. The topological polar surface area (TPSA) is 91.1 Å². The van der Waals surface area contributed by atoms with Crippen molar-refractivity contribution in [2.45, 2.75) is 31.4 Å². The van der Waals surface area contributed by atoms with Crippen molar-refractivity contribution in [1.82, 2.24) is 9.97 Å². The van der Waals surface area contributed by atoms with Crippen molar-refractivity contribution in [3.63, 3.8) is 0 Å². The summed E-state index contributed by atoms with van der Waals surface area (Å²) in [4.78, 5) is 8.47. The van der Waals surface area contributed by atoms with Crippen LogP contribution in [0.2, 0.25) is 0 Å². The maximum Gasteiger partial charge on any atom is 0.233 e. The van der Waals surface area contributed by atoms with Crippen molar-refractivity contribution in [2.75, 3.05) is 12.4 Å². The molecule has 2 aromatic heterocycles. The molecular formula is C18H20N4O2. The predicted octanol–water partition coefficient (Wildman–Crippen LogP) is 2.15. The number of aliphatic hydroxyl groups excluding tert-OH is 1. The second-order valence-electron chi connectivity index (χ2n) is 6.02. The average molecular weight is 324 g/mol. The molecule has 0 radical (unpaired) electrons. The third kappa shape index (κ3) is 3.47. The van der Waals surface area contributed by atoms with E-state index in [1.807, 2.05) is 18.2 Å². The van der Waals surface area contributed by atoms with Gasteiger partial charge in [0, 0.05) is 30.6 Å². The summed E-state index contributed by atoms with van der Waals surface area (Å²) in [5, 5.41) is 22.5. The molecule has 1 saturated carbocycles. The average Bonchev–Trinajstić information content (AvgIpc) is 2.59. The second-order valence-corrected chi connectivity index (χ2v) is 6.02. The molecule has 2 aromatic rings. The van der Waals surface area contributed by atoms with E-state index in [9.17, 15) is 10.4 Å². The molecule has 1 aliphatic carbocycles. The number of rotatable bonds is 6. The highest BCUT2D eigenvalue weighted by Gasteiger charge is 2.34. The van der Waals surface area contributed by atoms with Gasteiger partial charge in [0.2, 0.25) is 5.88 Å². The third-order valence-corrected chi connectivity index (χ3v) is 4.44. The van der Waals surface area contributed by atoms with Gasteiger partial charge in [-0.25, -0.2) is 4.98 Å². The normalized spacial score (nSPS) is 20.5. The first-order chi connectivity index (χ1) is 11.7. The minimum atomic E-state index is -0.231. The fourth-order valence-electron chi connectivity index (χ4n) is 3.06. The van der Waals surface area contributed by atoms with Crippen LogP contribution in [0.25, 0.3) is 0 Å². The SMILES string of the molecule is COc1nccc(N[C@@H](Cc2ccccn2)C2CC(O)C2)c1C#N. The number of nitriles is 1. The minimum absolute atomic E-state index is 0.0857. The van der Waals surface area contributed by atoms with Gasteiger partial charge in [-0.1, -0.05) is 6.07 Å². The highest BCUT2D eigenvalue weighted by Crippen LogP contribution is 2.34. The number of anilines is 1. The van der Waals surface area contributed by atoms with Gasteiger partial charge in [-0.05, 0) is 37.0 Å². The first-order valence-electron chi connectivity index (χ1n) is 7.99. The number of aromatic nitrogens is 2. The summed E-state index contributed by atoms with van der Waals surface area (Å²) in [6, 6.07) is 9.86. The van der Waals surface area contributed by atoms with Gasteiger partial charge in [0.1, 0.15) is 11.6 Å². The zero-order valence-electron chi connectivity index (χ0n) is 13.5. The van der Waals surface area contributed by atoms with E-state index in [1.165, 1.54) is 7.11 Å². The van der Waals surface area contributed by atoms with Crippen LogP contribution in [0.3, 0.4) is 0 Å². The van der Waals surface area contributed by atoms with E-state index in [1.54, 1.807) is 18.5 Å². The smallest absolute Gasteiger partial charge is 0.233 e. The van der Waals surface area contributed by atoms with E-state index in [4.69, 9.17) is 4.74 Å². The number of hydrogen-bond acceptors (Lipinski definition) is 6. The lowest BCUT2D eigenvalue weighted by Crippen LogP contribution is -2.42. The van der Waals surface area contributed by atoms with Gasteiger partial charge in [-0.2, -0.15) is 5.26 Å². The first-order valence-corrected chi connectivity index (χ1v) is 7.99. The largest absolute Gasteiger partial charge is 0.480 e. The fraction of sp³-hybridized carbons (Fsp3) is 0.389. The van der Waals surface area contributed by atoms with Crippen LogP contribution in [0.1, 0.15) is 24.1 Å². The van der Waals surface area contributed by atoms with Crippen LogP contribution in [0, 0.1) is 17.2 Å². The van der Waals surface area contributed by atoms with Gasteiger partial charge in [0.15, 0.2) is 0 Å². The van der Waals surface area contributed by atoms with E-state index in [2.05, 4.69) is 21.4 Å². The van der Waals surface area contributed by atoms with Crippen molar-refractivity contribution in [3.05, 3.63) is 47.9 Å². The summed E-state index contributed by atoms with van der Waals surface area (Å²) in [5.74, 6) is 0.653. The summed E-state index contributed by atoms with van der Waals surface area (Å²) in [6.45, 7) is 0. The Hall–Kier alpha value is -2.65. The Bertz CT molecular complexity index is 724. The third-order valence-electron chi connectivity index (χ3n) is 4.44. The molecule has 24 heavy (non-hydrogen) atoms. The lowest BCUT2D eigenvalue weighted by Gasteiger charge is -2.38. The molecule has 1 fully saturated rings. The van der Waals surface area contributed by atoms with Gasteiger partial charge in [-0.15, -0.1) is 0 Å². The van der Waals surface area contributed by atoms with Crippen LogP contribution in [-0.2, 0) is 6.42 Å². The molecule has 124 valence electrons. The van der Waals surface area contributed by atoms with Gasteiger partial charge in [-0.3, -0.25) is 4.98 Å². The van der Waals surface area contributed by atoms with Gasteiger partial charge < -0.3 is 15.2 Å². The van der Waals surface area contributed by atoms with Crippen molar-refractivity contribution >= 4 is 5.69 Å². The number of nitrogens with zero attached hydrogens (tertiary/aromatic N) is 3. The Morgan fingerprint density at radius 3 is 2.79 bits per heavy atom. The van der Waals surface area contributed by atoms with Crippen LogP contribution in [0.4, 0.5) is 5.69 Å². The molecule has 0 amide bonds. The maximum absolute atomic E-state index is 9.66. The summed E-state index contributed by atoms with van der Waals surface area (Å²) in [5.41, 5.74) is 2.08. The fourth-order valence-corrected chi connectivity index (χ4v) is 3.06. The molecule has 6 heteroatoms. The van der Waals surface area contributed by atoms with E-state index < -0.39 is 0 Å². The Kier molecular flexibility index (Phi) is 4.92. The number of hydrogen-bond donors (Lipinski definition) is 2. The van der Waals surface area contributed by atoms with Crippen molar-refractivity contribution < 1.29 is 9.84 Å². The molecule has 0 aromatic carbocycles. The summed E-state index contributed by atoms with van der Waals surface area (Å²) < 4.78 is 5.17. The molecular weight excluding hydrogens is 304 g/mol. The van der Waals surface area contributed by atoms with Crippen LogP contribution >= 0.6 is 0 Å². The number of ether oxygens (including phenoxy) is 1. The quantitative estimate of drug-likeness (QED) is 0.846. The highest BCUT2D eigenvalue weighted by molar-refractivity contribution is 5.61. The van der Waals surface area contributed by atoms with Crippen molar-refractivity contribution in [2.24, 2.45) is 5.92 Å². The summed E-state index contributed by atoms with van der Waals surface area (Å²) >= 11 is 0. The Morgan fingerprint density at radius 2 is 2.17 bits per heavy atom. The molecule has 3 rings (SSSR count). The highest BCUT2D eigenvalue weighted by atomic mass is 16.5. The van der Waals surface area contributed by atoms with Gasteiger partial charge in [0.05, 0.1) is 18.9 Å². The number of nitrogens with one attached hydrogen (secondary N) is 1. The van der Waals surface area contributed by atoms with Crippen molar-refractivity contribution in [1.29, 1.82) is 5.26 Å². The van der Waals surface area contributed by atoms with Crippen LogP contribution in [0.5, 0.6) is 5.88 Å². The monoisotopic (exact) mass is 324 g/mol.